The largest absolute Gasteiger partial charge is 0.497 e. The molecule has 1 saturated heterocycles. The van der Waals surface area contributed by atoms with Gasteiger partial charge in [-0.25, -0.2) is 13.4 Å². The number of hydrogen-bond donors (Lipinski definition) is 2. The molecule has 1 aromatic heterocycles. The Hall–Kier alpha value is -2.69. The number of carboxylic acid groups (broad SMARTS) is 1. The molecule has 4 saturated carbocycles. The molecule has 7 aliphatic rings. The lowest BCUT2D eigenvalue weighted by Gasteiger charge is -2.68. The van der Waals surface area contributed by atoms with Gasteiger partial charge in [0.05, 0.1) is 30.6 Å². The van der Waals surface area contributed by atoms with E-state index < -0.39 is 21.2 Å². The highest BCUT2D eigenvalue weighted by Crippen LogP contribution is 2.72. The van der Waals surface area contributed by atoms with Gasteiger partial charge in [0.2, 0.25) is 5.88 Å². The fourth-order valence-electron chi connectivity index (χ4n) is 15.1. The fraction of sp³-hybridized carbons (Fsp3) is 0.755. The van der Waals surface area contributed by atoms with Crippen molar-refractivity contribution in [3.05, 3.63) is 53.8 Å². The SMILES string of the molecule is C=C(C)[C@@H]1CC[C@]2(NCCN3CCS(=O)(=O)CC3)CC[C@@]3(C)C4CC[C@H]5C(C)(C)C(C6=CCC(CCOc7cc(OC)ccn7)(C(=O)O)CC6)=CC[C@]5(C)[C@H]4CC[C@@H]3[C@@H]12. The predicted octanol–water partition coefficient (Wildman–Crippen LogP) is 8.92. The van der Waals surface area contributed by atoms with E-state index >= 15 is 0 Å². The van der Waals surface area contributed by atoms with Crippen LogP contribution in [0.5, 0.6) is 11.6 Å². The van der Waals surface area contributed by atoms with Gasteiger partial charge >= 0.3 is 5.97 Å². The summed E-state index contributed by atoms with van der Waals surface area (Å²) in [4.78, 5) is 19.4. The Morgan fingerprint density at radius 3 is 2.39 bits per heavy atom. The van der Waals surface area contributed by atoms with Gasteiger partial charge < -0.3 is 24.8 Å². The van der Waals surface area contributed by atoms with Crippen LogP contribution in [0.2, 0.25) is 0 Å². The van der Waals surface area contributed by atoms with Gasteiger partial charge in [0.1, 0.15) is 5.75 Å². The monoisotopic (exact) mass is 832 g/mol. The maximum Gasteiger partial charge on any atom is 0.310 e. The summed E-state index contributed by atoms with van der Waals surface area (Å²) in [6, 6.07) is 3.51. The number of methoxy groups -OCH3 is 1. The molecule has 1 aliphatic heterocycles. The summed E-state index contributed by atoms with van der Waals surface area (Å²) >= 11 is 0. The average molecular weight is 832 g/mol. The summed E-state index contributed by atoms with van der Waals surface area (Å²) in [7, 11) is -1.26. The molecular formula is C49H73N3O6S. The number of hydrogen-bond acceptors (Lipinski definition) is 8. The highest BCUT2D eigenvalue weighted by atomic mass is 32.2. The lowest BCUT2D eigenvalue weighted by molar-refractivity contribution is -0.170. The molecule has 326 valence electrons. The molecule has 0 spiro atoms. The van der Waals surface area contributed by atoms with E-state index in [1.807, 2.05) is 0 Å². The zero-order chi connectivity index (χ0) is 42.0. The van der Waals surface area contributed by atoms with Gasteiger partial charge in [-0.2, -0.15) is 0 Å². The van der Waals surface area contributed by atoms with Crippen molar-refractivity contribution in [2.75, 3.05) is 51.4 Å². The van der Waals surface area contributed by atoms with E-state index in [0.29, 0.717) is 97.1 Å². The second kappa shape index (κ2) is 15.9. The number of ether oxygens (including phenoxy) is 2. The second-order valence-electron chi connectivity index (χ2n) is 21.3. The first-order valence-electron chi connectivity index (χ1n) is 23.1. The molecular weight excluding hydrogens is 759 g/mol. The van der Waals surface area contributed by atoms with Crippen molar-refractivity contribution in [1.29, 1.82) is 0 Å². The number of allylic oxidation sites excluding steroid dienone is 5. The standard InChI is InChI=1S/C49H73N3O6S/c1-33(2)36-14-20-49(51-25-26-52-27-30-59(55,56)31-28-52)22-21-46(5)38-10-11-41-45(3,4)37(15-17-47(41,6)39(38)8-9-40(46)43(36)49)34-12-18-48(19-13-34,44(53)54)23-29-58-42-32-35(57-7)16-24-50-42/h12,15-16,24,32,36,38-41,43,51H,1,8-11,13-14,17-23,25-31H2,2-7H3,(H,53,54)/t36-,38?,39-,40+,41-,43+,46-,47+,48?,49-/m0/s1. The van der Waals surface area contributed by atoms with Crippen molar-refractivity contribution in [3.8, 4) is 11.6 Å². The molecule has 5 fully saturated rings. The van der Waals surface area contributed by atoms with Crippen molar-refractivity contribution < 1.29 is 27.8 Å². The number of pyridine rings is 1. The summed E-state index contributed by atoms with van der Waals surface area (Å²) in [5.41, 5.74) is 4.11. The Bertz CT molecular complexity index is 1950. The molecule has 1 aromatic rings. The Balaban J connectivity index is 0.965. The summed E-state index contributed by atoms with van der Waals surface area (Å²) in [5.74, 6) is 4.88. The lowest BCUT2D eigenvalue weighted by atomic mass is 9.37. The normalized spacial score (nSPS) is 40.0. The van der Waals surface area contributed by atoms with Crippen LogP contribution in [0.15, 0.2) is 53.8 Å². The van der Waals surface area contributed by atoms with Crippen LogP contribution in [0, 0.1) is 57.2 Å². The quantitative estimate of drug-likeness (QED) is 0.199. The number of rotatable bonds is 12. The van der Waals surface area contributed by atoms with Gasteiger partial charge in [0.15, 0.2) is 9.84 Å². The van der Waals surface area contributed by atoms with E-state index in [0.717, 1.165) is 31.8 Å². The van der Waals surface area contributed by atoms with Gasteiger partial charge in [0, 0.05) is 44.0 Å². The van der Waals surface area contributed by atoms with E-state index in [2.05, 4.69) is 68.6 Å². The third-order valence-electron chi connectivity index (χ3n) is 18.4. The summed E-state index contributed by atoms with van der Waals surface area (Å²) in [5, 5.41) is 14.7. The van der Waals surface area contributed by atoms with Crippen molar-refractivity contribution in [2.45, 2.75) is 124 Å². The smallest absolute Gasteiger partial charge is 0.310 e. The second-order valence-corrected chi connectivity index (χ2v) is 23.6. The Morgan fingerprint density at radius 1 is 0.966 bits per heavy atom. The summed E-state index contributed by atoms with van der Waals surface area (Å²) in [6.07, 6.45) is 20.2. The van der Waals surface area contributed by atoms with Crippen LogP contribution in [-0.4, -0.2) is 86.3 Å². The summed E-state index contributed by atoms with van der Waals surface area (Å²) in [6.45, 7) is 20.7. The van der Waals surface area contributed by atoms with E-state index in [9.17, 15) is 18.3 Å². The fourth-order valence-corrected chi connectivity index (χ4v) is 16.4. The Morgan fingerprint density at radius 2 is 1.69 bits per heavy atom. The van der Waals surface area contributed by atoms with Crippen LogP contribution in [0.3, 0.4) is 0 Å². The number of fused-ring (bicyclic) bond motifs is 7. The molecule has 2 N–H and O–H groups in total. The number of carbonyl (C=O) groups is 1. The van der Waals surface area contributed by atoms with E-state index in [-0.39, 0.29) is 16.4 Å². The molecule has 9 nitrogen and oxygen atoms in total. The zero-order valence-electron chi connectivity index (χ0n) is 37.0. The maximum atomic E-state index is 12.8. The minimum atomic E-state index is -2.87. The highest BCUT2D eigenvalue weighted by molar-refractivity contribution is 7.91. The van der Waals surface area contributed by atoms with Gasteiger partial charge in [0.25, 0.3) is 0 Å². The third kappa shape index (κ3) is 7.55. The molecule has 0 bridgehead atoms. The van der Waals surface area contributed by atoms with Crippen LogP contribution in [0.4, 0.5) is 0 Å². The van der Waals surface area contributed by atoms with Crippen molar-refractivity contribution in [3.63, 3.8) is 0 Å². The number of aliphatic carboxylic acids is 1. The molecule has 59 heavy (non-hydrogen) atoms. The van der Waals surface area contributed by atoms with Crippen molar-refractivity contribution in [2.24, 2.45) is 57.2 Å². The number of nitrogens with one attached hydrogen (secondary N) is 1. The molecule has 2 heterocycles. The molecule has 10 heteroatoms. The predicted molar refractivity (Wildman–Crippen MR) is 234 cm³/mol. The highest BCUT2D eigenvalue weighted by Gasteiger charge is 2.66. The van der Waals surface area contributed by atoms with Gasteiger partial charge in [-0.3, -0.25) is 4.79 Å². The molecule has 0 aromatic carbocycles. The number of aromatic nitrogens is 1. The zero-order valence-corrected chi connectivity index (χ0v) is 37.8. The number of sulfone groups is 1. The van der Waals surface area contributed by atoms with Crippen molar-refractivity contribution >= 4 is 15.8 Å². The molecule has 2 unspecified atom stereocenters. The van der Waals surface area contributed by atoms with Crippen LogP contribution in [0.1, 0.15) is 118 Å². The van der Waals surface area contributed by atoms with Crippen LogP contribution < -0.4 is 14.8 Å². The van der Waals surface area contributed by atoms with E-state index in [1.54, 1.807) is 25.4 Å². The molecule has 6 aliphatic carbocycles. The first-order chi connectivity index (χ1) is 28.0. The molecule has 0 radical (unpaired) electrons. The molecule has 8 rings (SSSR count). The van der Waals surface area contributed by atoms with Crippen LogP contribution >= 0.6 is 0 Å². The topological polar surface area (TPSA) is 118 Å². The maximum absolute atomic E-state index is 12.8. The Kier molecular flexibility index (Phi) is 11.6. The average Bonchev–Trinajstić information content (AvgIpc) is 3.59. The lowest BCUT2D eigenvalue weighted by Crippen LogP contribution is -2.65. The first kappa shape index (κ1) is 43.0. The molecule has 0 amide bonds. The minimum Gasteiger partial charge on any atom is -0.497 e. The summed E-state index contributed by atoms with van der Waals surface area (Å²) < 4.78 is 35.4. The van der Waals surface area contributed by atoms with Gasteiger partial charge in [-0.15, -0.1) is 0 Å². The number of carboxylic acids is 1. The molecule has 10 atom stereocenters. The Labute approximate surface area is 355 Å². The van der Waals surface area contributed by atoms with E-state index in [4.69, 9.17) is 9.47 Å². The van der Waals surface area contributed by atoms with E-state index in [1.165, 1.54) is 68.1 Å². The first-order valence-corrected chi connectivity index (χ1v) is 24.9. The van der Waals surface area contributed by atoms with Crippen LogP contribution in [-0.2, 0) is 14.6 Å². The van der Waals surface area contributed by atoms with Gasteiger partial charge in [-0.1, -0.05) is 52.0 Å². The van der Waals surface area contributed by atoms with Gasteiger partial charge in [-0.05, 0) is 159 Å². The minimum absolute atomic E-state index is 0.0204. The van der Waals surface area contributed by atoms with Crippen LogP contribution in [0.25, 0.3) is 0 Å². The third-order valence-corrected chi connectivity index (χ3v) is 20.0. The number of nitrogens with zero attached hydrogens (tertiary/aromatic N) is 2. The van der Waals surface area contributed by atoms with Crippen molar-refractivity contribution in [1.82, 2.24) is 15.2 Å².